The van der Waals surface area contributed by atoms with Crippen LogP contribution in [-0.2, 0) is 61.9 Å². The van der Waals surface area contributed by atoms with E-state index in [1.54, 1.807) is 52.8 Å². The number of carbonyl (C=O) groups excluding carboxylic acids is 5. The zero-order valence-corrected chi connectivity index (χ0v) is 38.2. The number of ether oxygens (including phenoxy) is 8. The third-order valence-corrected chi connectivity index (χ3v) is 12.3. The van der Waals surface area contributed by atoms with E-state index in [-0.39, 0.29) is 50.5 Å². The van der Waals surface area contributed by atoms with Gasteiger partial charge < -0.3 is 53.2 Å². The van der Waals surface area contributed by atoms with Gasteiger partial charge in [-0.3, -0.25) is 9.59 Å². The number of esters is 5. The summed E-state index contributed by atoms with van der Waals surface area (Å²) in [6, 6.07) is 0. The lowest BCUT2D eigenvalue weighted by atomic mass is 9.70. The Balaban J connectivity index is 1.87. The maximum atomic E-state index is 13.4. The van der Waals surface area contributed by atoms with Gasteiger partial charge in [0.1, 0.15) is 12.2 Å². The van der Waals surface area contributed by atoms with Gasteiger partial charge in [-0.05, 0) is 37.7 Å². The molecule has 3 N–H and O–H groups in total. The van der Waals surface area contributed by atoms with Gasteiger partial charge in [0.2, 0.25) is 5.79 Å². The Morgan fingerprint density at radius 3 is 2.19 bits per heavy atom. The number of unbranched alkanes of at least 4 members (excludes halogenated alkanes) is 1. The van der Waals surface area contributed by atoms with Crippen molar-refractivity contribution in [3.05, 3.63) is 59.8 Å². The maximum absolute atomic E-state index is 13.4. The van der Waals surface area contributed by atoms with Crippen LogP contribution in [0.5, 0.6) is 0 Å². The molecule has 6 bridgehead atoms. The van der Waals surface area contributed by atoms with E-state index in [9.17, 15) is 39.3 Å². The highest BCUT2D eigenvalue weighted by Gasteiger charge is 2.59. The van der Waals surface area contributed by atoms with Crippen LogP contribution in [-0.4, -0.2) is 120 Å². The highest BCUT2D eigenvalue weighted by molar-refractivity contribution is 5.85. The van der Waals surface area contributed by atoms with Crippen molar-refractivity contribution in [3.8, 4) is 0 Å². The van der Waals surface area contributed by atoms with E-state index in [2.05, 4.69) is 0 Å². The summed E-state index contributed by atoms with van der Waals surface area (Å²) in [5.74, 6) is -7.89. The molecule has 0 amide bonds. The van der Waals surface area contributed by atoms with Gasteiger partial charge in [0.25, 0.3) is 0 Å². The molecule has 352 valence electrons. The Labute approximate surface area is 370 Å². The van der Waals surface area contributed by atoms with Crippen LogP contribution in [0, 0.1) is 10.8 Å². The minimum absolute atomic E-state index is 0.0250. The molecule has 0 saturated carbocycles. The van der Waals surface area contributed by atoms with Crippen molar-refractivity contribution < 1.29 is 77.2 Å². The van der Waals surface area contributed by atoms with Crippen molar-refractivity contribution in [2.24, 2.45) is 10.8 Å². The van der Waals surface area contributed by atoms with Crippen LogP contribution in [0.15, 0.2) is 59.8 Å². The quantitative estimate of drug-likeness (QED) is 0.0878. The van der Waals surface area contributed by atoms with E-state index in [0.717, 1.165) is 18.9 Å². The Kier molecular flexibility index (Phi) is 18.1. The van der Waals surface area contributed by atoms with Crippen LogP contribution in [0.25, 0.3) is 0 Å². The molecular weight excluding hydrogens is 821 g/mol. The molecule has 4 aliphatic heterocycles. The zero-order valence-electron chi connectivity index (χ0n) is 38.2. The molecule has 63 heavy (non-hydrogen) atoms. The summed E-state index contributed by atoms with van der Waals surface area (Å²) >= 11 is 0. The van der Waals surface area contributed by atoms with Crippen LogP contribution in [0.2, 0.25) is 0 Å². The summed E-state index contributed by atoms with van der Waals surface area (Å²) in [6.45, 7) is 11.8. The Hall–Kier alpha value is -4.19. The normalized spacial score (nSPS) is 35.1. The number of fused-ring (bicyclic) bond motifs is 6. The first kappa shape index (κ1) is 51.4. The summed E-state index contributed by atoms with van der Waals surface area (Å²) in [5.41, 5.74) is -1.85. The number of hydrogen-bond acceptors (Lipinski definition) is 16. The largest absolute Gasteiger partial charge is 0.466 e. The van der Waals surface area contributed by atoms with Gasteiger partial charge in [-0.25, -0.2) is 14.4 Å². The average molecular weight is 889 g/mol. The molecule has 16 nitrogen and oxygen atoms in total. The molecule has 0 aliphatic carbocycles. The fourth-order valence-corrected chi connectivity index (χ4v) is 8.58. The molecule has 0 aromatic rings. The second-order valence-electron chi connectivity index (χ2n) is 18.0. The summed E-state index contributed by atoms with van der Waals surface area (Å²) in [5, 5.41) is 36.6. The standard InChI is InChI=1S/C47H68O16/c1-10-12-13-14-15-16-39(50)61-43-31(23-41(52)57-9)22-35-26-33(11-2)60-42(53)25-32(49)24-36-27-38(58-29(3)48)45(6,7)46(54,62-36)28-37-20-30(21-40(51)56-8)19-34(59-37)17-18-44(4,5)47(43,55)63-35/h13-18,21,23,32-38,43,49,54-55H,10-12,19-20,22,24-28H2,1-9H3/t32-,33+,34+,35-,36-,37-,38-,43+,46-,47+/m0/s1. The van der Waals surface area contributed by atoms with E-state index in [1.165, 1.54) is 39.4 Å². The van der Waals surface area contributed by atoms with Crippen LogP contribution < -0.4 is 0 Å². The minimum atomic E-state index is -2.37. The minimum Gasteiger partial charge on any atom is -0.466 e. The number of aliphatic hydroxyl groups excluding tert-OH is 1. The molecule has 16 heteroatoms. The number of cyclic esters (lactones) is 1. The number of methoxy groups -OCH3 is 2. The number of allylic oxidation sites excluding steroid dienone is 3. The molecule has 0 radical (unpaired) electrons. The number of rotatable bonds is 9. The van der Waals surface area contributed by atoms with E-state index in [1.807, 2.05) is 13.0 Å². The third-order valence-electron chi connectivity index (χ3n) is 12.3. The van der Waals surface area contributed by atoms with E-state index in [4.69, 9.17) is 37.9 Å². The molecule has 3 fully saturated rings. The molecule has 3 saturated heterocycles. The van der Waals surface area contributed by atoms with Crippen molar-refractivity contribution in [2.75, 3.05) is 14.2 Å². The molecule has 0 aromatic heterocycles. The summed E-state index contributed by atoms with van der Waals surface area (Å²) in [7, 11) is 2.45. The molecule has 0 unspecified atom stereocenters. The van der Waals surface area contributed by atoms with Crippen LogP contribution in [0.1, 0.15) is 119 Å². The lowest BCUT2D eigenvalue weighted by Crippen LogP contribution is -2.62. The monoisotopic (exact) mass is 888 g/mol. The molecule has 0 spiro atoms. The second-order valence-corrected chi connectivity index (χ2v) is 18.0. The lowest BCUT2D eigenvalue weighted by Gasteiger charge is -2.53. The second kappa shape index (κ2) is 22.1. The summed E-state index contributed by atoms with van der Waals surface area (Å²) < 4.78 is 47.0. The first-order chi connectivity index (χ1) is 29.6. The molecule has 0 aromatic carbocycles. The van der Waals surface area contributed by atoms with Gasteiger partial charge in [0.05, 0.1) is 56.6 Å². The zero-order chi connectivity index (χ0) is 46.8. The van der Waals surface area contributed by atoms with Gasteiger partial charge in [0, 0.05) is 56.3 Å². The van der Waals surface area contributed by atoms with Crippen LogP contribution >= 0.6 is 0 Å². The SMILES string of the molecule is CCCC=CC=CC(=O)O[C@@H]1C(=CC(=O)OC)C[C@H]2C[C@@H](CC)OC(=O)C[C@@H](O)C[C@H]3C[C@H](OC(C)=O)C(C)(C)[C@](O)(C[C@@H]4CC(=CC(=O)OC)C[C@@H](C=CC(C)(C)[C@]1(O)O2)O4)O3. The first-order valence-corrected chi connectivity index (χ1v) is 21.9. The first-order valence-electron chi connectivity index (χ1n) is 21.9. The van der Waals surface area contributed by atoms with Crippen molar-refractivity contribution >= 4 is 29.8 Å². The Morgan fingerprint density at radius 1 is 0.841 bits per heavy atom. The fourth-order valence-electron chi connectivity index (χ4n) is 8.58. The van der Waals surface area contributed by atoms with Gasteiger partial charge in [0.15, 0.2) is 11.9 Å². The number of hydrogen-bond donors (Lipinski definition) is 3. The molecule has 10 atom stereocenters. The Bertz CT molecular complexity index is 1790. The highest BCUT2D eigenvalue weighted by atomic mass is 16.7. The molecule has 4 rings (SSSR count). The van der Waals surface area contributed by atoms with Crippen molar-refractivity contribution in [1.82, 2.24) is 0 Å². The van der Waals surface area contributed by atoms with Crippen molar-refractivity contribution in [3.63, 3.8) is 0 Å². The summed E-state index contributed by atoms with van der Waals surface area (Å²) in [6.07, 6.45) is 6.11. The smallest absolute Gasteiger partial charge is 0.331 e. The molecular formula is C47H68O16. The fraction of sp³-hybridized carbons (Fsp3) is 0.681. The van der Waals surface area contributed by atoms with Crippen molar-refractivity contribution in [1.29, 1.82) is 0 Å². The Morgan fingerprint density at radius 2 is 1.54 bits per heavy atom. The predicted octanol–water partition coefficient (Wildman–Crippen LogP) is 5.31. The average Bonchev–Trinajstić information content (AvgIpc) is 3.19. The van der Waals surface area contributed by atoms with Gasteiger partial charge in [-0.1, -0.05) is 83.9 Å². The third kappa shape index (κ3) is 13.4. The van der Waals surface area contributed by atoms with Crippen LogP contribution in [0.4, 0.5) is 0 Å². The van der Waals surface area contributed by atoms with E-state index in [0.29, 0.717) is 12.0 Å². The predicted molar refractivity (Wildman–Crippen MR) is 227 cm³/mol. The van der Waals surface area contributed by atoms with Gasteiger partial charge in [-0.15, -0.1) is 0 Å². The van der Waals surface area contributed by atoms with Gasteiger partial charge in [-0.2, -0.15) is 0 Å². The number of aliphatic hydroxyl groups is 3. The molecule has 4 aliphatic rings. The maximum Gasteiger partial charge on any atom is 0.331 e. The van der Waals surface area contributed by atoms with E-state index < -0.39 is 108 Å². The lowest BCUT2D eigenvalue weighted by molar-refractivity contribution is -0.348. The highest BCUT2D eigenvalue weighted by Crippen LogP contribution is 2.50. The van der Waals surface area contributed by atoms with Crippen molar-refractivity contribution in [2.45, 2.75) is 180 Å². The number of carbonyl (C=O) groups is 5. The van der Waals surface area contributed by atoms with Crippen LogP contribution in [0.3, 0.4) is 0 Å². The van der Waals surface area contributed by atoms with E-state index >= 15 is 0 Å². The molecule has 4 heterocycles. The topological polar surface area (TPSA) is 220 Å². The van der Waals surface area contributed by atoms with Gasteiger partial charge >= 0.3 is 29.8 Å². The summed E-state index contributed by atoms with van der Waals surface area (Å²) in [4.78, 5) is 64.6.